The minimum atomic E-state index is -0.848. The predicted octanol–water partition coefficient (Wildman–Crippen LogP) is 3.37. The van der Waals surface area contributed by atoms with Gasteiger partial charge in [0.2, 0.25) is 5.96 Å². The quantitative estimate of drug-likeness (QED) is 0.669. The van der Waals surface area contributed by atoms with Crippen molar-refractivity contribution in [3.63, 3.8) is 0 Å². The van der Waals surface area contributed by atoms with Crippen molar-refractivity contribution in [1.29, 1.82) is 0 Å². The van der Waals surface area contributed by atoms with Gasteiger partial charge in [0.25, 0.3) is 5.91 Å². The lowest BCUT2D eigenvalue weighted by Crippen LogP contribution is -2.40. The van der Waals surface area contributed by atoms with E-state index in [0.717, 1.165) is 0 Å². The van der Waals surface area contributed by atoms with Crippen LogP contribution in [0.4, 0.5) is 10.1 Å². The monoisotopic (exact) mass is 467 g/mol. The Kier molecular flexibility index (Phi) is 5.80. The zero-order valence-corrected chi connectivity index (χ0v) is 17.9. The lowest BCUT2D eigenvalue weighted by molar-refractivity contribution is 0.101. The van der Waals surface area contributed by atoms with Crippen LogP contribution in [-0.4, -0.2) is 41.1 Å². The van der Waals surface area contributed by atoms with Gasteiger partial charge in [0.15, 0.2) is 11.4 Å². The van der Waals surface area contributed by atoms with Crippen LogP contribution in [-0.2, 0) is 5.54 Å². The number of nitrogens with zero attached hydrogens (tertiary/aromatic N) is 3. The highest BCUT2D eigenvalue weighted by Crippen LogP contribution is 2.37. The third-order valence-corrected chi connectivity index (χ3v) is 5.98. The summed E-state index contributed by atoms with van der Waals surface area (Å²) in [7, 11) is 3.26. The maximum absolute atomic E-state index is 14.6. The Morgan fingerprint density at radius 2 is 2.21 bits per heavy atom. The summed E-state index contributed by atoms with van der Waals surface area (Å²) in [5.41, 5.74) is 5.97. The van der Waals surface area contributed by atoms with Crippen molar-refractivity contribution < 1.29 is 13.9 Å². The van der Waals surface area contributed by atoms with E-state index in [4.69, 9.17) is 10.5 Å². The van der Waals surface area contributed by atoms with Crippen molar-refractivity contribution in [2.75, 3.05) is 25.2 Å². The molecule has 3 N–H and O–H groups in total. The molecule has 0 radical (unpaired) electrons. The summed E-state index contributed by atoms with van der Waals surface area (Å²) in [4.78, 5) is 21.2. The van der Waals surface area contributed by atoms with Gasteiger partial charge in [0.1, 0.15) is 11.4 Å². The molecule has 1 amide bonds. The van der Waals surface area contributed by atoms with Crippen LogP contribution in [0.2, 0.25) is 0 Å². The van der Waals surface area contributed by atoms with Gasteiger partial charge < -0.3 is 15.8 Å². The molecule has 0 saturated heterocycles. The first-order chi connectivity index (χ1) is 13.2. The molecule has 7 nitrogen and oxygen atoms in total. The highest BCUT2D eigenvalue weighted by atomic mass is 79.9. The summed E-state index contributed by atoms with van der Waals surface area (Å²) in [5.74, 6) is 0.275. The average Bonchev–Trinajstić information content (AvgIpc) is 2.66. The number of aliphatic imine (C=N–C) groups is 1. The second kappa shape index (κ2) is 7.96. The molecule has 28 heavy (non-hydrogen) atoms. The number of benzene rings is 1. The van der Waals surface area contributed by atoms with Gasteiger partial charge in [-0.3, -0.25) is 9.10 Å². The van der Waals surface area contributed by atoms with Gasteiger partial charge in [0, 0.05) is 34.7 Å². The Morgan fingerprint density at radius 3 is 2.89 bits per heavy atom. The summed E-state index contributed by atoms with van der Waals surface area (Å²) in [6.45, 7) is 1.81. The number of nitrogens with one attached hydrogen (secondary N) is 1. The number of guanidine groups is 1. The van der Waals surface area contributed by atoms with Gasteiger partial charge in [0.05, 0.1) is 7.11 Å². The van der Waals surface area contributed by atoms with Crippen LogP contribution in [0.3, 0.4) is 0 Å². The number of aromatic nitrogens is 1. The van der Waals surface area contributed by atoms with Crippen molar-refractivity contribution in [3.8, 4) is 5.75 Å². The van der Waals surface area contributed by atoms with Crippen LogP contribution < -0.4 is 15.8 Å². The Balaban J connectivity index is 1.91. The molecule has 1 aliphatic rings. The molecular formula is C18H19BrFN5O2S. The molecule has 1 atom stereocenters. The third kappa shape index (κ3) is 4.07. The SMILES string of the molecule is COc1cc(Br)cnc1C(=O)Nc1ccc(F)c([C@]2(C)CSN(C)C(N)=N2)c1. The largest absolute Gasteiger partial charge is 0.494 e. The summed E-state index contributed by atoms with van der Waals surface area (Å²) in [6, 6.07) is 6.01. The number of carbonyl (C=O) groups excluding carboxylic acids is 1. The van der Waals surface area contributed by atoms with Crippen molar-refractivity contribution in [2.45, 2.75) is 12.5 Å². The molecule has 0 unspecified atom stereocenters. The molecule has 1 aliphatic heterocycles. The molecule has 0 saturated carbocycles. The Labute approximate surface area is 174 Å². The van der Waals surface area contributed by atoms with Gasteiger partial charge >= 0.3 is 0 Å². The number of halogens is 2. The van der Waals surface area contributed by atoms with E-state index in [1.807, 2.05) is 6.92 Å². The van der Waals surface area contributed by atoms with Crippen LogP contribution in [0.15, 0.2) is 39.9 Å². The Bertz CT molecular complexity index is 958. The number of pyridine rings is 1. The summed E-state index contributed by atoms with van der Waals surface area (Å²) in [6.07, 6.45) is 1.50. The molecule has 0 aliphatic carbocycles. The van der Waals surface area contributed by atoms with Crippen molar-refractivity contribution in [1.82, 2.24) is 9.29 Å². The van der Waals surface area contributed by atoms with E-state index >= 15 is 0 Å². The molecular weight excluding hydrogens is 449 g/mol. The van der Waals surface area contributed by atoms with E-state index in [0.29, 0.717) is 33.2 Å². The van der Waals surface area contributed by atoms with Gasteiger partial charge in [-0.2, -0.15) is 0 Å². The zero-order valence-electron chi connectivity index (χ0n) is 15.5. The first-order valence-electron chi connectivity index (χ1n) is 8.26. The maximum Gasteiger partial charge on any atom is 0.278 e. The van der Waals surface area contributed by atoms with E-state index < -0.39 is 17.3 Å². The molecule has 3 rings (SSSR count). The number of hydrogen-bond donors (Lipinski definition) is 2. The minimum Gasteiger partial charge on any atom is -0.494 e. The number of rotatable bonds is 4. The molecule has 1 aromatic heterocycles. The second-order valence-corrected chi connectivity index (χ2v) is 8.38. The highest BCUT2D eigenvalue weighted by Gasteiger charge is 2.34. The number of ether oxygens (including phenoxy) is 1. The molecule has 148 valence electrons. The number of methoxy groups -OCH3 is 1. The van der Waals surface area contributed by atoms with Crippen molar-refractivity contribution >= 4 is 45.4 Å². The lowest BCUT2D eigenvalue weighted by atomic mass is 9.93. The number of anilines is 1. The van der Waals surface area contributed by atoms with Crippen LogP contribution >= 0.6 is 27.9 Å². The average molecular weight is 468 g/mol. The lowest BCUT2D eigenvalue weighted by Gasteiger charge is -2.34. The van der Waals surface area contributed by atoms with Gasteiger partial charge in [-0.15, -0.1) is 0 Å². The first kappa shape index (κ1) is 20.4. The number of hydrogen-bond acceptors (Lipinski definition) is 7. The third-order valence-electron chi connectivity index (χ3n) is 4.28. The van der Waals surface area contributed by atoms with E-state index in [-0.39, 0.29) is 5.69 Å². The zero-order chi connectivity index (χ0) is 20.5. The predicted molar refractivity (Wildman–Crippen MR) is 112 cm³/mol. The highest BCUT2D eigenvalue weighted by molar-refractivity contribution is 9.10. The molecule has 0 fully saturated rings. The smallest absolute Gasteiger partial charge is 0.278 e. The second-order valence-electron chi connectivity index (χ2n) is 6.37. The summed E-state index contributed by atoms with van der Waals surface area (Å²) < 4.78 is 22.2. The number of carbonyl (C=O) groups is 1. The first-order valence-corrected chi connectivity index (χ1v) is 10.00. The van der Waals surface area contributed by atoms with Gasteiger partial charge in [-0.1, -0.05) is 0 Å². The molecule has 10 heteroatoms. The van der Waals surface area contributed by atoms with Crippen LogP contribution in [0, 0.1) is 5.82 Å². The normalized spacial score (nSPS) is 19.2. The van der Waals surface area contributed by atoms with E-state index in [2.05, 4.69) is 31.2 Å². The summed E-state index contributed by atoms with van der Waals surface area (Å²) >= 11 is 4.74. The summed E-state index contributed by atoms with van der Waals surface area (Å²) in [5, 5.41) is 2.74. The standard InChI is InChI=1S/C18H19BrFN5O2S/c1-18(9-28-25(2)17(21)24-18)12-7-11(4-5-13(12)20)23-16(26)15-14(27-3)6-10(19)8-22-15/h4-8H,9H2,1-3H3,(H2,21,24)(H,23,26)/t18-/m0/s1. The maximum atomic E-state index is 14.6. The van der Waals surface area contributed by atoms with E-state index in [1.54, 1.807) is 23.5 Å². The van der Waals surface area contributed by atoms with Crippen LogP contribution in [0.25, 0.3) is 0 Å². The Hall–Kier alpha value is -2.33. The minimum absolute atomic E-state index is 0.125. The van der Waals surface area contributed by atoms with Gasteiger partial charge in [-0.05, 0) is 59.1 Å². The fourth-order valence-corrected chi connectivity index (χ4v) is 3.88. The molecule has 1 aromatic carbocycles. The fraction of sp³-hybridized carbons (Fsp3) is 0.278. The van der Waals surface area contributed by atoms with E-state index in [1.165, 1.54) is 37.4 Å². The Morgan fingerprint density at radius 1 is 1.46 bits per heavy atom. The molecule has 0 spiro atoms. The fourth-order valence-electron chi connectivity index (χ4n) is 2.74. The van der Waals surface area contributed by atoms with Crippen molar-refractivity contribution in [2.24, 2.45) is 10.7 Å². The van der Waals surface area contributed by atoms with Crippen LogP contribution in [0.5, 0.6) is 5.75 Å². The topological polar surface area (TPSA) is 92.8 Å². The molecule has 2 aromatic rings. The van der Waals surface area contributed by atoms with E-state index in [9.17, 15) is 9.18 Å². The van der Waals surface area contributed by atoms with Crippen LogP contribution in [0.1, 0.15) is 23.0 Å². The van der Waals surface area contributed by atoms with Crippen molar-refractivity contribution in [3.05, 3.63) is 52.0 Å². The molecule has 2 heterocycles. The number of amides is 1. The van der Waals surface area contributed by atoms with Gasteiger partial charge in [-0.25, -0.2) is 14.4 Å². The number of nitrogens with two attached hydrogens (primary N) is 1. The molecule has 0 bridgehead atoms.